The average Bonchev–Trinajstić information content (AvgIpc) is 3.61. The molecule has 9 atom stereocenters. The van der Waals surface area contributed by atoms with Crippen LogP contribution in [0.4, 0.5) is 5.69 Å². The van der Waals surface area contributed by atoms with Crippen molar-refractivity contribution in [2.75, 3.05) is 23.6 Å². The van der Waals surface area contributed by atoms with Crippen molar-refractivity contribution < 1.29 is 38.0 Å². The van der Waals surface area contributed by atoms with E-state index in [9.17, 15) is 9.59 Å². The number of hydrogen-bond acceptors (Lipinski definition) is 10. The van der Waals surface area contributed by atoms with Crippen LogP contribution in [-0.4, -0.2) is 83.3 Å². The number of rotatable bonds is 3. The van der Waals surface area contributed by atoms with Gasteiger partial charge in [-0.05, 0) is 40.7 Å². The van der Waals surface area contributed by atoms with Gasteiger partial charge in [-0.2, -0.15) is 0 Å². The number of thioether (sulfide) groups is 1. The van der Waals surface area contributed by atoms with Crippen molar-refractivity contribution in [2.45, 2.75) is 88.5 Å². The Morgan fingerprint density at radius 3 is 2.50 bits per heavy atom. The van der Waals surface area contributed by atoms with Crippen LogP contribution in [-0.2, 0) is 43.5 Å². The van der Waals surface area contributed by atoms with E-state index < -0.39 is 65.6 Å². The van der Waals surface area contributed by atoms with Crippen LogP contribution in [0.2, 0.25) is 0 Å². The van der Waals surface area contributed by atoms with Gasteiger partial charge in [0.15, 0.2) is 17.9 Å². The minimum Gasteiger partial charge on any atom is -0.466 e. The molecule has 0 saturated carbocycles. The van der Waals surface area contributed by atoms with Crippen LogP contribution in [0.3, 0.4) is 0 Å². The number of carbonyl (C=O) groups is 2. The van der Waals surface area contributed by atoms with Crippen molar-refractivity contribution >= 4 is 29.3 Å². The standard InChI is InChI=1S/C27H34N2O8S/c1-6-32-22(30)17-16(15-11-38-12-29(15)27(17)13-9-7-8-10-14(13)28-24(27)31)18-19-20(35-25(2,3)34-19)21-23(33-18)37-26(4,5)36-21/h7-10,15-21,23H,6,11-12H2,1-5H3,(H,28,31)/t15?,16-,17-,18+,19-,20-,21+,23+,27+/m0/s1. The fraction of sp³-hybridized carbons (Fsp3) is 0.704. The molecule has 1 unspecified atom stereocenters. The van der Waals surface area contributed by atoms with E-state index in [1.807, 2.05) is 52.0 Å². The number of benzene rings is 1. The minimum absolute atomic E-state index is 0.129. The third-order valence-electron chi connectivity index (χ3n) is 8.69. The zero-order chi connectivity index (χ0) is 26.6. The van der Waals surface area contributed by atoms with Gasteiger partial charge in [-0.1, -0.05) is 18.2 Å². The summed E-state index contributed by atoms with van der Waals surface area (Å²) in [5, 5.41) is 3.06. The van der Waals surface area contributed by atoms with Crippen LogP contribution >= 0.6 is 11.8 Å². The summed E-state index contributed by atoms with van der Waals surface area (Å²) in [6.07, 6.45) is -2.74. The van der Waals surface area contributed by atoms with E-state index in [4.69, 9.17) is 28.4 Å². The molecule has 1 amide bonds. The Kier molecular flexibility index (Phi) is 5.57. The first kappa shape index (κ1) is 25.3. The number of esters is 1. The topological polar surface area (TPSA) is 105 Å². The van der Waals surface area contributed by atoms with Crippen molar-refractivity contribution in [1.29, 1.82) is 0 Å². The van der Waals surface area contributed by atoms with E-state index in [-0.39, 0.29) is 18.6 Å². The highest BCUT2D eigenvalue weighted by Gasteiger charge is 2.74. The first-order valence-corrected chi connectivity index (χ1v) is 14.5. The summed E-state index contributed by atoms with van der Waals surface area (Å²) in [6.45, 7) is 9.43. The van der Waals surface area contributed by atoms with Crippen molar-refractivity contribution in [2.24, 2.45) is 11.8 Å². The Morgan fingerprint density at radius 2 is 1.74 bits per heavy atom. The monoisotopic (exact) mass is 546 g/mol. The second-order valence-electron chi connectivity index (χ2n) is 11.7. The van der Waals surface area contributed by atoms with Crippen molar-refractivity contribution in [3.8, 4) is 0 Å². The maximum absolute atomic E-state index is 14.0. The smallest absolute Gasteiger partial charge is 0.312 e. The molecule has 7 rings (SSSR count). The lowest BCUT2D eigenvalue weighted by Crippen LogP contribution is -2.60. The number of para-hydroxylation sites is 1. The van der Waals surface area contributed by atoms with Gasteiger partial charge in [0, 0.05) is 34.8 Å². The third-order valence-corrected chi connectivity index (χ3v) is 9.73. The number of fused-ring (bicyclic) bond motifs is 7. The number of ether oxygens (including phenoxy) is 6. The molecule has 6 aliphatic rings. The van der Waals surface area contributed by atoms with Crippen molar-refractivity contribution in [3.05, 3.63) is 29.8 Å². The molecule has 5 saturated heterocycles. The predicted molar refractivity (Wildman–Crippen MR) is 136 cm³/mol. The van der Waals surface area contributed by atoms with Crippen LogP contribution in [0.1, 0.15) is 40.2 Å². The molecule has 0 aliphatic carbocycles. The van der Waals surface area contributed by atoms with Crippen LogP contribution in [0, 0.1) is 11.8 Å². The molecule has 0 bridgehead atoms. The van der Waals surface area contributed by atoms with Gasteiger partial charge in [0.05, 0.1) is 18.6 Å². The SMILES string of the molecule is CCOC(=O)[C@@H]1[C@@H]([C@H]2O[C@@H]3OC(C)(C)O[C@@H]3[C@H]3OC(C)(C)O[C@H]32)C2CSCN2[C@@]12C(=O)Nc1ccccc12. The van der Waals surface area contributed by atoms with Crippen molar-refractivity contribution in [3.63, 3.8) is 0 Å². The largest absolute Gasteiger partial charge is 0.466 e. The molecule has 38 heavy (non-hydrogen) atoms. The zero-order valence-electron chi connectivity index (χ0n) is 22.2. The van der Waals surface area contributed by atoms with E-state index in [1.165, 1.54) is 0 Å². The molecule has 5 fully saturated rings. The minimum atomic E-state index is -1.21. The van der Waals surface area contributed by atoms with Gasteiger partial charge in [-0.15, -0.1) is 11.8 Å². The number of nitrogens with zero attached hydrogens (tertiary/aromatic N) is 1. The number of anilines is 1. The number of hydrogen-bond donors (Lipinski definition) is 1. The van der Waals surface area contributed by atoms with Crippen molar-refractivity contribution in [1.82, 2.24) is 4.90 Å². The molecule has 0 radical (unpaired) electrons. The zero-order valence-corrected chi connectivity index (χ0v) is 23.0. The molecule has 10 nitrogen and oxygen atoms in total. The fourth-order valence-electron chi connectivity index (χ4n) is 7.60. The lowest BCUT2D eigenvalue weighted by molar-refractivity contribution is -0.249. The summed E-state index contributed by atoms with van der Waals surface area (Å²) < 4.78 is 37.6. The second-order valence-corrected chi connectivity index (χ2v) is 12.7. The van der Waals surface area contributed by atoms with Gasteiger partial charge in [0.1, 0.15) is 23.9 Å². The first-order chi connectivity index (χ1) is 18.1. The summed E-state index contributed by atoms with van der Waals surface area (Å²) in [7, 11) is 0. The summed E-state index contributed by atoms with van der Waals surface area (Å²) in [5.74, 6) is -2.23. The Morgan fingerprint density at radius 1 is 1.05 bits per heavy atom. The normalized spacial score (nSPS) is 44.0. The van der Waals surface area contributed by atoms with Gasteiger partial charge in [-0.3, -0.25) is 14.5 Å². The highest BCUT2D eigenvalue weighted by atomic mass is 32.2. The van der Waals surface area contributed by atoms with Gasteiger partial charge < -0.3 is 33.7 Å². The van der Waals surface area contributed by atoms with E-state index in [0.717, 1.165) is 17.0 Å². The quantitative estimate of drug-likeness (QED) is 0.569. The predicted octanol–water partition coefficient (Wildman–Crippen LogP) is 2.41. The molecule has 1 aromatic rings. The summed E-state index contributed by atoms with van der Waals surface area (Å²) in [4.78, 5) is 30.2. The maximum atomic E-state index is 14.0. The Labute approximate surface area is 225 Å². The van der Waals surface area contributed by atoms with E-state index in [1.54, 1.807) is 18.7 Å². The Hall–Kier alpha value is -1.73. The van der Waals surface area contributed by atoms with Gasteiger partial charge in [-0.25, -0.2) is 0 Å². The molecular formula is C27H34N2O8S. The lowest BCUT2D eigenvalue weighted by Gasteiger charge is -2.42. The van der Waals surface area contributed by atoms with Gasteiger partial charge >= 0.3 is 5.97 Å². The highest BCUT2D eigenvalue weighted by Crippen LogP contribution is 2.61. The van der Waals surface area contributed by atoms with E-state index in [2.05, 4.69) is 10.2 Å². The molecule has 206 valence electrons. The van der Waals surface area contributed by atoms with E-state index >= 15 is 0 Å². The average molecular weight is 547 g/mol. The van der Waals surface area contributed by atoms with E-state index in [0.29, 0.717) is 5.88 Å². The molecule has 6 aliphatic heterocycles. The van der Waals surface area contributed by atoms with Crippen LogP contribution in [0.25, 0.3) is 0 Å². The summed E-state index contributed by atoms with van der Waals surface area (Å²) in [6, 6.07) is 7.50. The van der Waals surface area contributed by atoms with Gasteiger partial charge in [0.25, 0.3) is 5.91 Å². The molecule has 6 heterocycles. The number of carbonyl (C=O) groups excluding carboxylic acids is 2. The fourth-order valence-corrected chi connectivity index (χ4v) is 8.94. The highest BCUT2D eigenvalue weighted by molar-refractivity contribution is 7.99. The molecule has 11 heteroatoms. The first-order valence-electron chi connectivity index (χ1n) is 13.4. The number of amides is 1. The Bertz CT molecular complexity index is 1180. The van der Waals surface area contributed by atoms with Gasteiger partial charge in [0.2, 0.25) is 0 Å². The second kappa shape index (κ2) is 8.39. The number of nitrogens with one attached hydrogen (secondary N) is 1. The molecule has 1 spiro atoms. The maximum Gasteiger partial charge on any atom is 0.312 e. The van der Waals surface area contributed by atoms with Crippen LogP contribution in [0.15, 0.2) is 24.3 Å². The molecule has 1 aromatic carbocycles. The third kappa shape index (κ3) is 3.36. The van der Waals surface area contributed by atoms with Crippen LogP contribution in [0.5, 0.6) is 0 Å². The molecule has 0 aromatic heterocycles. The lowest BCUT2D eigenvalue weighted by atomic mass is 9.71. The summed E-state index contributed by atoms with van der Waals surface area (Å²) in [5.41, 5.74) is 0.314. The molecule has 1 N–H and O–H groups in total. The Balaban J connectivity index is 1.38. The van der Waals surface area contributed by atoms with Crippen LogP contribution < -0.4 is 5.32 Å². The molecular weight excluding hydrogens is 512 g/mol. The summed E-state index contributed by atoms with van der Waals surface area (Å²) >= 11 is 1.75.